The van der Waals surface area contributed by atoms with E-state index in [1.807, 2.05) is 11.8 Å². The number of rotatable bonds is 10. The lowest BCUT2D eigenvalue weighted by atomic mass is 10.1. The summed E-state index contributed by atoms with van der Waals surface area (Å²) in [5, 5.41) is 0. The average molecular weight is 246 g/mol. The van der Waals surface area contributed by atoms with Crippen molar-refractivity contribution in [1.29, 1.82) is 0 Å². The molecule has 0 radical (unpaired) electrons. The SMILES string of the molecule is CCCCCCCCCC(=S)SCCC. The first kappa shape index (κ1) is 15.4. The average Bonchev–Trinajstić information content (AvgIpc) is 2.25. The van der Waals surface area contributed by atoms with Crippen LogP contribution < -0.4 is 0 Å². The molecule has 0 aliphatic rings. The molecule has 2 heteroatoms. The summed E-state index contributed by atoms with van der Waals surface area (Å²) >= 11 is 7.18. The van der Waals surface area contributed by atoms with E-state index in [1.54, 1.807) is 0 Å². The minimum atomic E-state index is 1.16. The standard InChI is InChI=1S/C13H26S2/c1-3-5-6-7-8-9-10-11-13(14)15-12-4-2/h3-12H2,1-2H3. The lowest BCUT2D eigenvalue weighted by Gasteiger charge is -2.02. The Morgan fingerprint density at radius 1 is 0.867 bits per heavy atom. The number of thiocarbonyl (C=S) groups is 1. The van der Waals surface area contributed by atoms with E-state index in [9.17, 15) is 0 Å². The van der Waals surface area contributed by atoms with Crippen molar-refractivity contribution in [2.45, 2.75) is 71.6 Å². The highest BCUT2D eigenvalue weighted by molar-refractivity contribution is 8.23. The van der Waals surface area contributed by atoms with Crippen molar-refractivity contribution in [3.8, 4) is 0 Å². The van der Waals surface area contributed by atoms with Crippen LogP contribution in [0.2, 0.25) is 0 Å². The Hall–Kier alpha value is 0.440. The van der Waals surface area contributed by atoms with Crippen molar-refractivity contribution in [1.82, 2.24) is 0 Å². The Kier molecular flexibility index (Phi) is 12.9. The first-order valence-corrected chi connectivity index (χ1v) is 7.86. The van der Waals surface area contributed by atoms with E-state index in [4.69, 9.17) is 12.2 Å². The summed E-state index contributed by atoms with van der Waals surface area (Å²) in [5.41, 5.74) is 0. The number of thioether (sulfide) groups is 1. The van der Waals surface area contributed by atoms with Crippen molar-refractivity contribution in [2.75, 3.05) is 5.75 Å². The molecule has 0 nitrogen and oxygen atoms in total. The third-order valence-corrected chi connectivity index (χ3v) is 4.15. The summed E-state index contributed by atoms with van der Waals surface area (Å²) in [6.07, 6.45) is 12.1. The fraction of sp³-hybridized carbons (Fsp3) is 0.923. The van der Waals surface area contributed by atoms with Gasteiger partial charge in [-0.3, -0.25) is 0 Å². The largest absolute Gasteiger partial charge is 0.119 e. The van der Waals surface area contributed by atoms with Crippen LogP contribution in [0.15, 0.2) is 0 Å². The molecule has 0 aromatic heterocycles. The zero-order chi connectivity index (χ0) is 11.4. The van der Waals surface area contributed by atoms with Crippen LogP contribution in [0, 0.1) is 0 Å². The second-order valence-corrected chi connectivity index (χ2v) is 6.03. The van der Waals surface area contributed by atoms with Crippen molar-refractivity contribution in [2.24, 2.45) is 0 Å². The van der Waals surface area contributed by atoms with E-state index in [0.717, 1.165) is 6.42 Å². The van der Waals surface area contributed by atoms with Gasteiger partial charge in [-0.1, -0.05) is 64.6 Å². The first-order chi connectivity index (χ1) is 7.31. The van der Waals surface area contributed by atoms with E-state index in [1.165, 1.54) is 61.3 Å². The van der Waals surface area contributed by atoms with Crippen LogP contribution in [-0.4, -0.2) is 9.95 Å². The van der Waals surface area contributed by atoms with Crippen LogP contribution in [0.25, 0.3) is 0 Å². The molecule has 0 saturated carbocycles. The summed E-state index contributed by atoms with van der Waals surface area (Å²) in [6, 6.07) is 0. The van der Waals surface area contributed by atoms with Gasteiger partial charge in [-0.2, -0.15) is 0 Å². The summed E-state index contributed by atoms with van der Waals surface area (Å²) in [5.74, 6) is 1.20. The molecule has 0 unspecified atom stereocenters. The molecule has 0 N–H and O–H groups in total. The predicted octanol–water partition coefficient (Wildman–Crippen LogP) is 5.60. The van der Waals surface area contributed by atoms with Crippen molar-refractivity contribution < 1.29 is 0 Å². The molecule has 0 aromatic rings. The zero-order valence-electron chi connectivity index (χ0n) is 10.4. The Morgan fingerprint density at radius 2 is 1.47 bits per heavy atom. The summed E-state index contributed by atoms with van der Waals surface area (Å²) < 4.78 is 1.23. The molecule has 0 bridgehead atoms. The third kappa shape index (κ3) is 12.4. The molecule has 0 amide bonds. The number of hydrogen-bond donors (Lipinski definition) is 0. The molecule has 0 heterocycles. The topological polar surface area (TPSA) is 0 Å². The van der Waals surface area contributed by atoms with Crippen LogP contribution >= 0.6 is 24.0 Å². The molecule has 0 aliphatic carbocycles. The van der Waals surface area contributed by atoms with Gasteiger partial charge in [0.2, 0.25) is 0 Å². The molecule has 0 aliphatic heterocycles. The smallest absolute Gasteiger partial charge is 0.0478 e. The number of hydrogen-bond acceptors (Lipinski definition) is 2. The lowest BCUT2D eigenvalue weighted by molar-refractivity contribution is 0.596. The molecule has 0 rings (SSSR count). The number of unbranched alkanes of at least 4 members (excludes halogenated alkanes) is 6. The van der Waals surface area contributed by atoms with E-state index in [2.05, 4.69) is 13.8 Å². The van der Waals surface area contributed by atoms with E-state index in [0.29, 0.717) is 0 Å². The van der Waals surface area contributed by atoms with E-state index < -0.39 is 0 Å². The molecule has 90 valence electrons. The lowest BCUT2D eigenvalue weighted by Crippen LogP contribution is -1.90. The third-order valence-electron chi connectivity index (χ3n) is 2.45. The van der Waals surface area contributed by atoms with Crippen molar-refractivity contribution in [3.63, 3.8) is 0 Å². The van der Waals surface area contributed by atoms with E-state index >= 15 is 0 Å². The van der Waals surface area contributed by atoms with Gasteiger partial charge >= 0.3 is 0 Å². The molecule has 0 spiro atoms. The van der Waals surface area contributed by atoms with Crippen LogP contribution in [-0.2, 0) is 0 Å². The van der Waals surface area contributed by atoms with Gasteiger partial charge in [-0.05, 0) is 25.0 Å². The zero-order valence-corrected chi connectivity index (χ0v) is 12.0. The minimum Gasteiger partial charge on any atom is -0.119 e. The fourth-order valence-electron chi connectivity index (χ4n) is 1.51. The van der Waals surface area contributed by atoms with Crippen LogP contribution in [0.3, 0.4) is 0 Å². The Labute approximate surface area is 106 Å². The monoisotopic (exact) mass is 246 g/mol. The van der Waals surface area contributed by atoms with E-state index in [-0.39, 0.29) is 0 Å². The van der Waals surface area contributed by atoms with Crippen LogP contribution in [0.1, 0.15) is 71.6 Å². The van der Waals surface area contributed by atoms with Gasteiger partial charge in [0.1, 0.15) is 0 Å². The van der Waals surface area contributed by atoms with Crippen LogP contribution in [0.4, 0.5) is 0 Å². The Balaban J connectivity index is 3.06. The molecule has 0 atom stereocenters. The summed E-state index contributed by atoms with van der Waals surface area (Å²) in [4.78, 5) is 0. The van der Waals surface area contributed by atoms with Gasteiger partial charge in [0.15, 0.2) is 0 Å². The van der Waals surface area contributed by atoms with Crippen molar-refractivity contribution >= 4 is 28.2 Å². The summed E-state index contributed by atoms with van der Waals surface area (Å²) in [7, 11) is 0. The maximum atomic E-state index is 5.30. The Bertz CT molecular complexity index is 143. The van der Waals surface area contributed by atoms with Crippen LogP contribution in [0.5, 0.6) is 0 Å². The second kappa shape index (κ2) is 12.5. The highest BCUT2D eigenvalue weighted by Gasteiger charge is 1.97. The first-order valence-electron chi connectivity index (χ1n) is 6.46. The second-order valence-electron chi connectivity index (χ2n) is 4.09. The fourth-order valence-corrected chi connectivity index (χ4v) is 2.63. The normalized spacial score (nSPS) is 10.5. The summed E-state index contributed by atoms with van der Waals surface area (Å²) in [6.45, 7) is 4.48. The quantitative estimate of drug-likeness (QED) is 0.363. The van der Waals surface area contributed by atoms with Gasteiger partial charge in [0, 0.05) is 4.20 Å². The molecule has 0 aromatic carbocycles. The van der Waals surface area contributed by atoms with Gasteiger partial charge < -0.3 is 0 Å². The molecular formula is C13H26S2. The van der Waals surface area contributed by atoms with Gasteiger partial charge in [0.25, 0.3) is 0 Å². The molecule has 0 saturated heterocycles. The van der Waals surface area contributed by atoms with Crippen molar-refractivity contribution in [3.05, 3.63) is 0 Å². The highest BCUT2D eigenvalue weighted by Crippen LogP contribution is 2.14. The Morgan fingerprint density at radius 3 is 2.07 bits per heavy atom. The maximum absolute atomic E-state index is 5.30. The predicted molar refractivity (Wildman–Crippen MR) is 78.0 cm³/mol. The van der Waals surface area contributed by atoms with Gasteiger partial charge in [-0.15, -0.1) is 11.8 Å². The minimum absolute atomic E-state index is 1.16. The molecular weight excluding hydrogens is 220 g/mol. The maximum Gasteiger partial charge on any atom is 0.0478 e. The van der Waals surface area contributed by atoms with Gasteiger partial charge in [0.05, 0.1) is 0 Å². The highest BCUT2D eigenvalue weighted by atomic mass is 32.2. The molecule has 15 heavy (non-hydrogen) atoms. The molecule has 0 fully saturated rings. The van der Waals surface area contributed by atoms with Gasteiger partial charge in [-0.25, -0.2) is 0 Å².